The smallest absolute Gasteiger partial charge is 0.129 e. The van der Waals surface area contributed by atoms with Gasteiger partial charge in [-0.2, -0.15) is 0 Å². The van der Waals surface area contributed by atoms with Gasteiger partial charge < -0.3 is 14.9 Å². The summed E-state index contributed by atoms with van der Waals surface area (Å²) in [6, 6.07) is 0. The maximum Gasteiger partial charge on any atom is 0.129 e. The third kappa shape index (κ3) is 24.5. The van der Waals surface area contributed by atoms with Crippen LogP contribution in [0.3, 0.4) is 0 Å². The molecule has 0 bridgehead atoms. The van der Waals surface area contributed by atoms with Crippen molar-refractivity contribution in [3.63, 3.8) is 0 Å². The molecule has 15 heavy (non-hydrogen) atoms. The number of ether oxygens (including phenoxy) is 1. The molecule has 0 amide bonds. The second kappa shape index (κ2) is 18.6. The van der Waals surface area contributed by atoms with Gasteiger partial charge >= 0.3 is 0 Å². The van der Waals surface area contributed by atoms with E-state index in [1.54, 1.807) is 0 Å². The summed E-state index contributed by atoms with van der Waals surface area (Å²) in [7, 11) is 0. The number of rotatable bonds is 3. The fourth-order valence-corrected chi connectivity index (χ4v) is 0.466. The van der Waals surface area contributed by atoms with Crippen molar-refractivity contribution in [3.8, 4) is 24.1 Å². The molecule has 0 aliphatic heterocycles. The molecule has 0 aromatic rings. The van der Waals surface area contributed by atoms with Gasteiger partial charge in [0.05, 0.1) is 0 Å². The van der Waals surface area contributed by atoms with Crippen molar-refractivity contribution in [3.05, 3.63) is 0 Å². The molecular weight excluding hydrogens is 192 g/mol. The largest absolute Gasteiger partial charge is 0.396 e. The molecule has 0 heterocycles. The Morgan fingerprint density at radius 3 is 1.53 bits per heavy atom. The standard InChI is InChI=1S/C8H10O.C4H10O2/c1-3-5-7-9-8-6-4-2;5-3-1-2-4-6/h3-4H2,1-2H3;5-6H,1-4H2. The van der Waals surface area contributed by atoms with Gasteiger partial charge in [-0.05, 0) is 12.8 Å². The number of hydrogen-bond donors (Lipinski definition) is 2. The van der Waals surface area contributed by atoms with Crippen molar-refractivity contribution in [2.24, 2.45) is 0 Å². The fraction of sp³-hybridized carbons (Fsp3) is 0.667. The molecule has 2 N–H and O–H groups in total. The van der Waals surface area contributed by atoms with Gasteiger partial charge in [0.1, 0.15) is 12.2 Å². The lowest BCUT2D eigenvalue weighted by Gasteiger charge is -1.85. The molecular formula is C12H20O3. The molecule has 86 valence electrons. The minimum Gasteiger partial charge on any atom is -0.396 e. The van der Waals surface area contributed by atoms with Gasteiger partial charge in [0.25, 0.3) is 0 Å². The monoisotopic (exact) mass is 212 g/mol. The molecule has 0 aliphatic rings. The quantitative estimate of drug-likeness (QED) is 0.550. The van der Waals surface area contributed by atoms with E-state index in [0.717, 1.165) is 25.7 Å². The van der Waals surface area contributed by atoms with Gasteiger partial charge in [0.15, 0.2) is 0 Å². The topological polar surface area (TPSA) is 49.7 Å². The summed E-state index contributed by atoms with van der Waals surface area (Å²) in [6.07, 6.45) is 7.96. The van der Waals surface area contributed by atoms with E-state index in [-0.39, 0.29) is 13.2 Å². The molecule has 0 aromatic carbocycles. The van der Waals surface area contributed by atoms with Crippen LogP contribution in [0.1, 0.15) is 39.5 Å². The second-order valence-electron chi connectivity index (χ2n) is 2.52. The second-order valence-corrected chi connectivity index (χ2v) is 2.52. The summed E-state index contributed by atoms with van der Waals surface area (Å²) in [6.45, 7) is 4.31. The summed E-state index contributed by atoms with van der Waals surface area (Å²) in [4.78, 5) is 0. The Kier molecular flexibility index (Phi) is 20.2. The van der Waals surface area contributed by atoms with E-state index in [0.29, 0.717) is 0 Å². The van der Waals surface area contributed by atoms with E-state index in [1.807, 2.05) is 13.8 Å². The van der Waals surface area contributed by atoms with Crippen LogP contribution in [0, 0.1) is 24.1 Å². The number of aliphatic hydroxyl groups is 2. The molecule has 3 nitrogen and oxygen atoms in total. The van der Waals surface area contributed by atoms with Crippen molar-refractivity contribution in [2.75, 3.05) is 13.2 Å². The lowest BCUT2D eigenvalue weighted by molar-refractivity contribution is 0.242. The van der Waals surface area contributed by atoms with Crippen LogP contribution in [-0.2, 0) is 4.74 Å². The van der Waals surface area contributed by atoms with E-state index < -0.39 is 0 Å². The third-order valence-corrected chi connectivity index (χ3v) is 1.17. The zero-order valence-electron chi connectivity index (χ0n) is 9.55. The highest BCUT2D eigenvalue weighted by atomic mass is 16.5. The SMILES string of the molecule is CCC#COC#CCC.OCCCCO. The Labute approximate surface area is 92.5 Å². The molecule has 0 saturated carbocycles. The van der Waals surface area contributed by atoms with Gasteiger partial charge in [0.2, 0.25) is 0 Å². The highest BCUT2D eigenvalue weighted by Crippen LogP contribution is 1.80. The average molecular weight is 212 g/mol. The van der Waals surface area contributed by atoms with E-state index >= 15 is 0 Å². The van der Waals surface area contributed by atoms with Crippen molar-refractivity contribution in [1.82, 2.24) is 0 Å². The Morgan fingerprint density at radius 2 is 1.27 bits per heavy atom. The first-order chi connectivity index (χ1) is 7.33. The highest BCUT2D eigenvalue weighted by Gasteiger charge is 1.77. The summed E-state index contributed by atoms with van der Waals surface area (Å²) in [5.74, 6) is 5.46. The Bertz CT molecular complexity index is 190. The van der Waals surface area contributed by atoms with E-state index in [9.17, 15) is 0 Å². The van der Waals surface area contributed by atoms with Crippen LogP contribution in [0.2, 0.25) is 0 Å². The molecule has 0 saturated heterocycles. The molecule has 0 radical (unpaired) electrons. The maximum atomic E-state index is 8.09. The van der Waals surface area contributed by atoms with Crippen LogP contribution in [0.15, 0.2) is 0 Å². The first-order valence-corrected chi connectivity index (χ1v) is 5.16. The van der Waals surface area contributed by atoms with Gasteiger partial charge in [0, 0.05) is 26.1 Å². The summed E-state index contributed by atoms with van der Waals surface area (Å²) in [5.41, 5.74) is 0. The minimum atomic E-state index is 0.195. The summed E-state index contributed by atoms with van der Waals surface area (Å²) >= 11 is 0. The molecule has 0 aromatic heterocycles. The van der Waals surface area contributed by atoms with Gasteiger partial charge in [-0.1, -0.05) is 25.7 Å². The molecule has 0 spiro atoms. The van der Waals surface area contributed by atoms with Crippen LogP contribution < -0.4 is 0 Å². The zero-order valence-corrected chi connectivity index (χ0v) is 9.55. The first-order valence-electron chi connectivity index (χ1n) is 5.16. The highest BCUT2D eigenvalue weighted by molar-refractivity contribution is 4.97. The van der Waals surface area contributed by atoms with Crippen LogP contribution >= 0.6 is 0 Å². The van der Waals surface area contributed by atoms with Gasteiger partial charge in [-0.15, -0.1) is 0 Å². The zero-order chi connectivity index (χ0) is 11.8. The van der Waals surface area contributed by atoms with Crippen LogP contribution in [0.5, 0.6) is 0 Å². The number of hydrogen-bond acceptors (Lipinski definition) is 3. The van der Waals surface area contributed by atoms with Crippen molar-refractivity contribution >= 4 is 0 Å². The fourth-order valence-electron chi connectivity index (χ4n) is 0.466. The Morgan fingerprint density at radius 1 is 0.867 bits per heavy atom. The maximum absolute atomic E-state index is 8.09. The average Bonchev–Trinajstić information content (AvgIpc) is 2.27. The van der Waals surface area contributed by atoms with Crippen molar-refractivity contribution in [2.45, 2.75) is 39.5 Å². The van der Waals surface area contributed by atoms with Gasteiger partial charge in [-0.3, -0.25) is 0 Å². The molecule has 3 heteroatoms. The molecule has 0 rings (SSSR count). The molecule has 0 fully saturated rings. The Hall–Kier alpha value is -1.16. The predicted molar refractivity (Wildman–Crippen MR) is 60.6 cm³/mol. The van der Waals surface area contributed by atoms with Crippen molar-refractivity contribution < 1.29 is 14.9 Å². The van der Waals surface area contributed by atoms with Crippen LogP contribution in [-0.4, -0.2) is 23.4 Å². The van der Waals surface area contributed by atoms with E-state index in [2.05, 4.69) is 28.8 Å². The van der Waals surface area contributed by atoms with Crippen LogP contribution in [0.4, 0.5) is 0 Å². The molecule has 0 unspecified atom stereocenters. The minimum absolute atomic E-state index is 0.195. The lowest BCUT2D eigenvalue weighted by atomic mass is 10.3. The number of unbranched alkanes of at least 4 members (excludes halogenated alkanes) is 1. The number of aliphatic hydroxyl groups excluding tert-OH is 2. The van der Waals surface area contributed by atoms with Gasteiger partial charge in [-0.25, -0.2) is 0 Å². The van der Waals surface area contributed by atoms with Crippen molar-refractivity contribution in [1.29, 1.82) is 0 Å². The lowest BCUT2D eigenvalue weighted by Crippen LogP contribution is -1.85. The Balaban J connectivity index is 0. The normalized spacial score (nSPS) is 7.20. The summed E-state index contributed by atoms with van der Waals surface area (Å²) < 4.78 is 4.59. The van der Waals surface area contributed by atoms with E-state index in [4.69, 9.17) is 10.2 Å². The summed E-state index contributed by atoms with van der Waals surface area (Å²) in [5, 5.41) is 16.2. The van der Waals surface area contributed by atoms with Crippen LogP contribution in [0.25, 0.3) is 0 Å². The third-order valence-electron chi connectivity index (χ3n) is 1.17. The molecule has 0 atom stereocenters. The molecule has 0 aliphatic carbocycles. The van der Waals surface area contributed by atoms with E-state index in [1.165, 1.54) is 0 Å². The predicted octanol–water partition coefficient (Wildman–Crippen LogP) is 1.50. The first kappa shape index (κ1) is 16.3.